The molecule has 1 aromatic rings. The average Bonchev–Trinajstić information content (AvgIpc) is 2.38. The molecule has 0 bridgehead atoms. The van der Waals surface area contributed by atoms with Crippen LogP contribution in [0, 0.1) is 17.0 Å². The maximum absolute atomic E-state index is 10.9. The van der Waals surface area contributed by atoms with Gasteiger partial charge in [-0.25, -0.2) is 4.98 Å². The zero-order chi connectivity index (χ0) is 14.7. The van der Waals surface area contributed by atoms with E-state index in [0.29, 0.717) is 11.4 Å². The predicted molar refractivity (Wildman–Crippen MR) is 72.9 cm³/mol. The molecule has 1 N–H and O–H groups in total. The molecule has 1 atom stereocenters. The first-order chi connectivity index (χ1) is 9.49. The average molecular weight is 279 g/mol. The topological polar surface area (TPSA) is 96.6 Å². The highest BCUT2D eigenvalue weighted by Gasteiger charge is 2.26. The minimum atomic E-state index is -0.833. The lowest BCUT2D eigenvalue weighted by molar-refractivity contribution is -0.385. The molecule has 1 aliphatic heterocycles. The van der Waals surface area contributed by atoms with Crippen LogP contribution in [-0.4, -0.2) is 33.6 Å². The highest BCUT2D eigenvalue weighted by molar-refractivity contribution is 5.68. The summed E-state index contributed by atoms with van der Waals surface area (Å²) in [6.45, 7) is 2.40. The lowest BCUT2D eigenvalue weighted by Gasteiger charge is -2.36. The van der Waals surface area contributed by atoms with E-state index in [-0.39, 0.29) is 18.2 Å². The van der Waals surface area contributed by atoms with Crippen LogP contribution in [0.5, 0.6) is 0 Å². The Bertz CT molecular complexity index is 532. The number of hydrogen-bond donors (Lipinski definition) is 1. The van der Waals surface area contributed by atoms with Gasteiger partial charge in [0.25, 0.3) is 5.69 Å². The molecule has 2 heterocycles. The van der Waals surface area contributed by atoms with Gasteiger partial charge in [-0.1, -0.05) is 0 Å². The molecular weight excluding hydrogens is 262 g/mol. The van der Waals surface area contributed by atoms with Gasteiger partial charge in [-0.15, -0.1) is 0 Å². The van der Waals surface area contributed by atoms with Crippen molar-refractivity contribution in [3.63, 3.8) is 0 Å². The second kappa shape index (κ2) is 5.85. The Labute approximate surface area is 116 Å². The Morgan fingerprint density at radius 3 is 2.95 bits per heavy atom. The van der Waals surface area contributed by atoms with Gasteiger partial charge in [-0.3, -0.25) is 14.9 Å². The standard InChI is InChI=1S/C13H17N3O4/c1-9-6-12(14-8-11(9)16(19)20)15-5-3-2-4-10(15)7-13(17)18/h6,8,10H,2-5,7H2,1H3,(H,17,18). The number of aromatic nitrogens is 1. The van der Waals surface area contributed by atoms with Crippen LogP contribution >= 0.6 is 0 Å². The molecule has 1 fully saturated rings. The van der Waals surface area contributed by atoms with E-state index in [1.807, 2.05) is 4.90 Å². The maximum atomic E-state index is 10.9. The fourth-order valence-corrected chi connectivity index (χ4v) is 2.60. The van der Waals surface area contributed by atoms with Crippen molar-refractivity contribution in [1.29, 1.82) is 0 Å². The van der Waals surface area contributed by atoms with Crippen molar-refractivity contribution in [2.24, 2.45) is 0 Å². The molecule has 0 saturated carbocycles. The lowest BCUT2D eigenvalue weighted by atomic mass is 9.99. The van der Waals surface area contributed by atoms with Crippen LogP contribution in [0.25, 0.3) is 0 Å². The molecule has 0 aliphatic carbocycles. The second-order valence-electron chi connectivity index (χ2n) is 5.03. The van der Waals surface area contributed by atoms with Gasteiger partial charge < -0.3 is 10.0 Å². The largest absolute Gasteiger partial charge is 0.481 e. The van der Waals surface area contributed by atoms with Gasteiger partial charge in [0, 0.05) is 18.2 Å². The summed E-state index contributed by atoms with van der Waals surface area (Å²) >= 11 is 0. The summed E-state index contributed by atoms with van der Waals surface area (Å²) in [7, 11) is 0. The number of carbonyl (C=O) groups is 1. The van der Waals surface area contributed by atoms with E-state index in [4.69, 9.17) is 5.11 Å². The lowest BCUT2D eigenvalue weighted by Crippen LogP contribution is -2.41. The van der Waals surface area contributed by atoms with E-state index in [1.165, 1.54) is 6.20 Å². The van der Waals surface area contributed by atoms with E-state index >= 15 is 0 Å². The van der Waals surface area contributed by atoms with Crippen LogP contribution in [0.2, 0.25) is 0 Å². The first-order valence-electron chi connectivity index (χ1n) is 6.58. The van der Waals surface area contributed by atoms with Crippen molar-refractivity contribution in [2.45, 2.75) is 38.6 Å². The number of rotatable bonds is 4. The highest BCUT2D eigenvalue weighted by Crippen LogP contribution is 2.28. The van der Waals surface area contributed by atoms with Crippen LogP contribution < -0.4 is 4.90 Å². The third-order valence-electron chi connectivity index (χ3n) is 3.60. The SMILES string of the molecule is Cc1cc(N2CCCCC2CC(=O)O)ncc1[N+](=O)[O-]. The van der Waals surface area contributed by atoms with Gasteiger partial charge in [0.1, 0.15) is 12.0 Å². The van der Waals surface area contributed by atoms with Crippen molar-refractivity contribution in [3.05, 3.63) is 27.9 Å². The third-order valence-corrected chi connectivity index (χ3v) is 3.60. The minimum absolute atomic E-state index is 0.0134. The fraction of sp³-hybridized carbons (Fsp3) is 0.538. The highest BCUT2D eigenvalue weighted by atomic mass is 16.6. The first kappa shape index (κ1) is 14.2. The number of aliphatic carboxylic acids is 1. The molecule has 1 unspecified atom stereocenters. The van der Waals surface area contributed by atoms with E-state index in [1.54, 1.807) is 13.0 Å². The molecule has 2 rings (SSSR count). The second-order valence-corrected chi connectivity index (χ2v) is 5.03. The van der Waals surface area contributed by atoms with E-state index in [2.05, 4.69) is 4.98 Å². The van der Waals surface area contributed by atoms with Crippen LogP contribution in [-0.2, 0) is 4.79 Å². The summed E-state index contributed by atoms with van der Waals surface area (Å²) in [4.78, 5) is 27.3. The van der Waals surface area contributed by atoms with Crippen molar-refractivity contribution in [3.8, 4) is 0 Å². The molecule has 0 amide bonds. The van der Waals surface area contributed by atoms with Gasteiger partial charge in [0.05, 0.1) is 11.3 Å². The van der Waals surface area contributed by atoms with Gasteiger partial charge in [-0.2, -0.15) is 0 Å². The Hall–Kier alpha value is -2.18. The van der Waals surface area contributed by atoms with Crippen LogP contribution in [0.3, 0.4) is 0 Å². The molecule has 1 aliphatic rings. The number of carboxylic acid groups (broad SMARTS) is 1. The number of nitro groups is 1. The number of aryl methyl sites for hydroxylation is 1. The summed E-state index contributed by atoms with van der Waals surface area (Å²) in [6, 6.07) is 1.58. The molecule has 0 radical (unpaired) electrons. The number of hydrogen-bond acceptors (Lipinski definition) is 5. The summed E-state index contributed by atoms with van der Waals surface area (Å²) in [5, 5.41) is 19.8. The summed E-state index contributed by atoms with van der Waals surface area (Å²) < 4.78 is 0. The minimum Gasteiger partial charge on any atom is -0.481 e. The number of piperidine rings is 1. The Balaban J connectivity index is 2.26. The van der Waals surface area contributed by atoms with E-state index < -0.39 is 10.9 Å². The first-order valence-corrected chi connectivity index (χ1v) is 6.58. The third kappa shape index (κ3) is 3.04. The monoisotopic (exact) mass is 279 g/mol. The number of pyridine rings is 1. The molecule has 7 nitrogen and oxygen atoms in total. The van der Waals surface area contributed by atoms with Crippen molar-refractivity contribution < 1.29 is 14.8 Å². The van der Waals surface area contributed by atoms with Crippen molar-refractivity contribution >= 4 is 17.5 Å². The van der Waals surface area contributed by atoms with Crippen molar-refractivity contribution in [2.75, 3.05) is 11.4 Å². The van der Waals surface area contributed by atoms with Crippen LogP contribution in [0.15, 0.2) is 12.3 Å². The molecule has 0 aromatic carbocycles. The zero-order valence-electron chi connectivity index (χ0n) is 11.3. The molecule has 7 heteroatoms. The van der Waals surface area contributed by atoms with E-state index in [0.717, 1.165) is 25.8 Å². The fourth-order valence-electron chi connectivity index (χ4n) is 2.60. The molecular formula is C13H17N3O4. The normalized spacial score (nSPS) is 18.9. The quantitative estimate of drug-likeness (QED) is 0.670. The Kier molecular flexibility index (Phi) is 4.16. The van der Waals surface area contributed by atoms with Gasteiger partial charge >= 0.3 is 5.97 Å². The molecule has 1 saturated heterocycles. The zero-order valence-corrected chi connectivity index (χ0v) is 11.3. The number of nitrogens with zero attached hydrogens (tertiary/aromatic N) is 3. The van der Waals surface area contributed by atoms with Gasteiger partial charge in [0.2, 0.25) is 0 Å². The predicted octanol–water partition coefficient (Wildman–Crippen LogP) is 2.13. The van der Waals surface area contributed by atoms with Gasteiger partial charge in [-0.05, 0) is 32.3 Å². The van der Waals surface area contributed by atoms with Crippen LogP contribution in [0.4, 0.5) is 11.5 Å². The molecule has 20 heavy (non-hydrogen) atoms. The smallest absolute Gasteiger partial charge is 0.305 e. The Morgan fingerprint density at radius 1 is 1.60 bits per heavy atom. The van der Waals surface area contributed by atoms with Crippen molar-refractivity contribution in [1.82, 2.24) is 4.98 Å². The number of anilines is 1. The summed E-state index contributed by atoms with van der Waals surface area (Å²) in [6.07, 6.45) is 4.10. The molecule has 1 aromatic heterocycles. The summed E-state index contributed by atoms with van der Waals surface area (Å²) in [5.41, 5.74) is 0.528. The molecule has 108 valence electrons. The molecule has 0 spiro atoms. The van der Waals surface area contributed by atoms with Gasteiger partial charge in [0.15, 0.2) is 0 Å². The number of carboxylic acids is 1. The van der Waals surface area contributed by atoms with Crippen LogP contribution in [0.1, 0.15) is 31.2 Å². The summed E-state index contributed by atoms with van der Waals surface area (Å²) in [5.74, 6) is -0.209. The Morgan fingerprint density at radius 2 is 2.35 bits per heavy atom. The van der Waals surface area contributed by atoms with E-state index in [9.17, 15) is 14.9 Å². The maximum Gasteiger partial charge on any atom is 0.305 e.